The quantitative estimate of drug-likeness (QED) is 0.0200. The van der Waals surface area contributed by atoms with Crippen LogP contribution in [0.3, 0.4) is 0 Å². The van der Waals surface area contributed by atoms with Crippen molar-refractivity contribution < 1.29 is 85.7 Å². The predicted octanol–water partition coefficient (Wildman–Crippen LogP) is 8.91. The predicted molar refractivity (Wildman–Crippen MR) is 363 cm³/mol. The van der Waals surface area contributed by atoms with E-state index in [1.807, 2.05) is 0 Å². The molecule has 558 valence electrons. The third kappa shape index (κ3) is 33.4. The van der Waals surface area contributed by atoms with Gasteiger partial charge in [-0.2, -0.15) is 0 Å². The molecule has 7 amide bonds. The molecule has 0 aromatic rings. The number of carbonyl (C=O) groups is 7. The second kappa shape index (κ2) is 51.7. The summed E-state index contributed by atoms with van der Waals surface area (Å²) in [6.07, 6.45) is -1.68. The number of rotatable bonds is 48. The SMILES string of the molecule is CCCCCCNC(=O)OC[C@H]1O[C@H](O[C@H]2[C@H](OC(=O)NCCCCCC)[C@@H](O[C@H]3O[C@H](CN)[C@@H](OC(=O)NCCCCCC)[C@H](OC(=O)NCCCCCC)[C@H]3OC(=O)NCCCCCC)[C@H](N)C[C@@H]2N)[C@H](OC(=O)NCCCCCC)[C@@H](N)[C@@H]1OC(=O)NCCCCCC. The summed E-state index contributed by atoms with van der Waals surface area (Å²) >= 11 is 0. The Bertz CT molecular complexity index is 2130. The van der Waals surface area contributed by atoms with Crippen LogP contribution in [0.2, 0.25) is 0 Å². The van der Waals surface area contributed by atoms with Gasteiger partial charge >= 0.3 is 42.7 Å². The molecule has 29 nitrogen and oxygen atoms in total. The molecule has 1 saturated carbocycles. The topological polar surface area (TPSA) is 409 Å². The van der Waals surface area contributed by atoms with E-state index in [2.05, 4.69) is 85.7 Å². The van der Waals surface area contributed by atoms with Gasteiger partial charge in [0.2, 0.25) is 0 Å². The highest BCUT2D eigenvalue weighted by Gasteiger charge is 2.58. The van der Waals surface area contributed by atoms with E-state index < -0.39 is 141 Å². The second-order valence-electron chi connectivity index (χ2n) is 25.4. The van der Waals surface area contributed by atoms with E-state index in [0.717, 1.165) is 135 Å². The van der Waals surface area contributed by atoms with Crippen molar-refractivity contribution in [3.05, 3.63) is 0 Å². The Morgan fingerprint density at radius 3 is 0.927 bits per heavy atom. The molecule has 3 fully saturated rings. The molecule has 2 heterocycles. The molecule has 0 aromatic carbocycles. The molecule has 2 saturated heterocycles. The van der Waals surface area contributed by atoms with Crippen LogP contribution in [0.5, 0.6) is 0 Å². The van der Waals surface area contributed by atoms with Gasteiger partial charge in [0.05, 0.1) is 6.04 Å². The maximum absolute atomic E-state index is 14.3. The third-order valence-corrected chi connectivity index (χ3v) is 17.1. The van der Waals surface area contributed by atoms with Crippen LogP contribution in [-0.2, 0) is 52.1 Å². The Kier molecular flexibility index (Phi) is 45.7. The van der Waals surface area contributed by atoms with Gasteiger partial charge in [-0.25, -0.2) is 33.6 Å². The van der Waals surface area contributed by atoms with E-state index in [0.29, 0.717) is 51.5 Å². The summed E-state index contributed by atoms with van der Waals surface area (Å²) < 4.78 is 69.6. The smallest absolute Gasteiger partial charge is 0.407 e. The molecule has 0 spiro atoms. The van der Waals surface area contributed by atoms with Gasteiger partial charge in [0, 0.05) is 64.4 Å². The molecular formula is C67H127N11O18. The highest BCUT2D eigenvalue weighted by molar-refractivity contribution is 5.70. The van der Waals surface area contributed by atoms with Crippen molar-refractivity contribution in [2.45, 2.75) is 326 Å². The highest BCUT2D eigenvalue weighted by atomic mass is 16.8. The minimum absolute atomic E-state index is 0.132. The van der Waals surface area contributed by atoms with Gasteiger partial charge in [0.25, 0.3) is 0 Å². The molecule has 0 radical (unpaired) electrons. The number of hydrogen-bond acceptors (Lipinski definition) is 22. The number of alkyl carbamates (subject to hydrolysis) is 7. The lowest BCUT2D eigenvalue weighted by molar-refractivity contribution is -0.329. The number of carbonyl (C=O) groups excluding carboxylic acids is 7. The molecule has 3 aliphatic rings. The lowest BCUT2D eigenvalue weighted by atomic mass is 9.84. The molecule has 96 heavy (non-hydrogen) atoms. The van der Waals surface area contributed by atoms with Crippen molar-refractivity contribution in [2.75, 3.05) is 59.0 Å². The lowest BCUT2D eigenvalue weighted by Crippen LogP contribution is -2.70. The maximum Gasteiger partial charge on any atom is 0.407 e. The molecular weight excluding hydrogens is 1250 g/mol. The Morgan fingerprint density at radius 1 is 0.323 bits per heavy atom. The van der Waals surface area contributed by atoms with Crippen LogP contribution in [0, 0.1) is 0 Å². The highest BCUT2D eigenvalue weighted by Crippen LogP contribution is 2.36. The summed E-state index contributed by atoms with van der Waals surface area (Å²) in [6, 6.07) is -3.73. The molecule has 0 bridgehead atoms. The van der Waals surface area contributed by atoms with Crippen LogP contribution in [0.4, 0.5) is 33.6 Å². The summed E-state index contributed by atoms with van der Waals surface area (Å²) in [6.45, 7) is 15.3. The van der Waals surface area contributed by atoms with Gasteiger partial charge in [0.15, 0.2) is 49.2 Å². The van der Waals surface area contributed by atoms with Crippen molar-refractivity contribution in [2.24, 2.45) is 22.9 Å². The van der Waals surface area contributed by atoms with Crippen molar-refractivity contribution in [1.29, 1.82) is 0 Å². The van der Waals surface area contributed by atoms with Crippen molar-refractivity contribution in [1.82, 2.24) is 37.2 Å². The minimum Gasteiger partial charge on any atom is -0.447 e. The normalized spacial score (nSPS) is 25.5. The first-order valence-electron chi connectivity index (χ1n) is 36.7. The van der Waals surface area contributed by atoms with Crippen LogP contribution in [-0.4, -0.2) is 193 Å². The zero-order chi connectivity index (χ0) is 70.3. The van der Waals surface area contributed by atoms with E-state index in [-0.39, 0.29) is 52.2 Å². The Morgan fingerprint density at radius 2 is 0.594 bits per heavy atom. The second-order valence-corrected chi connectivity index (χ2v) is 25.4. The number of nitrogens with two attached hydrogens (primary N) is 4. The van der Waals surface area contributed by atoms with Crippen LogP contribution < -0.4 is 60.2 Å². The number of ether oxygens (including phenoxy) is 11. The molecule has 15 N–H and O–H groups in total. The molecule has 0 aromatic heterocycles. The van der Waals surface area contributed by atoms with E-state index in [4.69, 9.17) is 75.0 Å². The fourth-order valence-corrected chi connectivity index (χ4v) is 11.5. The Labute approximate surface area is 571 Å². The first-order valence-corrected chi connectivity index (χ1v) is 36.7. The summed E-state index contributed by atoms with van der Waals surface area (Å²) in [5, 5.41) is 19.4. The summed E-state index contributed by atoms with van der Waals surface area (Å²) in [5.41, 5.74) is 27.7. The first-order chi connectivity index (χ1) is 46.5. The fraction of sp³-hybridized carbons (Fsp3) is 0.896. The molecule has 15 atom stereocenters. The molecule has 2 aliphatic heterocycles. The van der Waals surface area contributed by atoms with Gasteiger partial charge in [-0.1, -0.05) is 183 Å². The van der Waals surface area contributed by atoms with E-state index in [1.54, 1.807) is 0 Å². The van der Waals surface area contributed by atoms with Crippen molar-refractivity contribution >= 4 is 42.7 Å². The van der Waals surface area contributed by atoms with Gasteiger partial charge in [-0.05, 0) is 51.4 Å². The van der Waals surface area contributed by atoms with Gasteiger partial charge < -0.3 is 112 Å². The molecule has 29 heteroatoms. The lowest BCUT2D eigenvalue weighted by Gasteiger charge is -2.50. The van der Waals surface area contributed by atoms with Crippen LogP contribution in [0.1, 0.15) is 235 Å². The number of nitrogens with one attached hydrogen (secondary N) is 7. The van der Waals surface area contributed by atoms with Crippen molar-refractivity contribution in [3.8, 4) is 0 Å². The van der Waals surface area contributed by atoms with Crippen molar-refractivity contribution in [3.63, 3.8) is 0 Å². The zero-order valence-corrected chi connectivity index (χ0v) is 59.2. The standard InChI is InChI=1S/C67H127N11O18/c1-8-15-22-29-36-72-61(79)86-45-49-53(91-62(80)73-37-30-23-16-9-2)50(71)55(93-64(82)75-39-32-25-18-11-4)59(88-49)89-51-46(69)43-47(70)52(56(51)94-65(83)76-40-33-26-19-12-5)90-60-58(96-67(85)78-42-35-28-21-14-7)57(95-66(84)77-41-34-27-20-13-6)54(48(44-68)87-60)92-63(81)74-38-31-24-17-10-3/h46-60H,8-45,68-71H2,1-7H3,(H,72,79)(H,73,80)(H,74,81)(H,75,82)(H,76,83)(H,77,84)(H,78,85)/t46-,47+,48+,49+,50-,51+,52-,53+,54+,55+,56-,57-,58+,59+,60+/m0/s1. The first kappa shape index (κ1) is 84.8. The summed E-state index contributed by atoms with van der Waals surface area (Å²) in [5.74, 6) is 0. The van der Waals surface area contributed by atoms with Gasteiger partial charge in [0.1, 0.15) is 31.0 Å². The van der Waals surface area contributed by atoms with E-state index in [1.165, 1.54) is 0 Å². The van der Waals surface area contributed by atoms with Gasteiger partial charge in [-0.3, -0.25) is 0 Å². The van der Waals surface area contributed by atoms with Crippen LogP contribution in [0.25, 0.3) is 0 Å². The Balaban J connectivity index is 2.27. The molecule has 1 aliphatic carbocycles. The van der Waals surface area contributed by atoms with E-state index in [9.17, 15) is 33.6 Å². The maximum atomic E-state index is 14.3. The minimum atomic E-state index is -1.79. The number of unbranched alkanes of at least 4 members (excludes halogenated alkanes) is 21. The average Bonchev–Trinajstić information content (AvgIpc) is 0.775. The largest absolute Gasteiger partial charge is 0.447 e. The third-order valence-electron chi connectivity index (χ3n) is 17.1. The monoisotopic (exact) mass is 1370 g/mol. The average molecular weight is 1370 g/mol. The van der Waals surface area contributed by atoms with E-state index >= 15 is 0 Å². The number of hydrogen-bond donors (Lipinski definition) is 11. The van der Waals surface area contributed by atoms with Gasteiger partial charge in [-0.15, -0.1) is 0 Å². The summed E-state index contributed by atoms with van der Waals surface area (Å²) in [4.78, 5) is 97.1. The fourth-order valence-electron chi connectivity index (χ4n) is 11.5. The zero-order valence-electron chi connectivity index (χ0n) is 59.2. The summed E-state index contributed by atoms with van der Waals surface area (Å²) in [7, 11) is 0. The van der Waals surface area contributed by atoms with Crippen LogP contribution in [0.15, 0.2) is 0 Å². The number of amides is 7. The Hall–Kier alpha value is -5.43. The van der Waals surface area contributed by atoms with Crippen LogP contribution >= 0.6 is 0 Å². The molecule has 3 rings (SSSR count). The molecule has 0 unspecified atom stereocenters.